The lowest BCUT2D eigenvalue weighted by Gasteiger charge is -2.17. The summed E-state index contributed by atoms with van der Waals surface area (Å²) in [5, 5.41) is 6.90. The molecule has 0 unspecified atom stereocenters. The van der Waals surface area contributed by atoms with E-state index in [9.17, 15) is 9.59 Å². The Morgan fingerprint density at radius 2 is 1.83 bits per heavy atom. The molecule has 0 spiro atoms. The number of amides is 1. The number of halogens is 2. The summed E-state index contributed by atoms with van der Waals surface area (Å²) in [5.74, 6) is -0.258. The number of rotatable bonds is 6. The molecule has 0 aliphatic rings. The van der Waals surface area contributed by atoms with Crippen LogP contribution in [0, 0.1) is 0 Å². The molecule has 6 heteroatoms. The topological polar surface area (TPSA) is 58.2 Å². The van der Waals surface area contributed by atoms with Gasteiger partial charge in [0.2, 0.25) is 5.91 Å². The average Bonchev–Trinajstić information content (AvgIpc) is 2.52. The van der Waals surface area contributed by atoms with Gasteiger partial charge in [-0.2, -0.15) is 0 Å². The lowest BCUT2D eigenvalue weighted by molar-refractivity contribution is -0.120. The molecule has 0 saturated heterocycles. The van der Waals surface area contributed by atoms with Gasteiger partial charge in [-0.25, -0.2) is 0 Å². The molecule has 126 valence electrons. The summed E-state index contributed by atoms with van der Waals surface area (Å²) in [6.45, 7) is 3.39. The molecule has 1 atom stereocenters. The maximum absolute atomic E-state index is 12.1. The van der Waals surface area contributed by atoms with Gasteiger partial charge in [0.1, 0.15) is 0 Å². The largest absolute Gasteiger partial charge is 0.376 e. The van der Waals surface area contributed by atoms with Crippen molar-refractivity contribution in [2.75, 3.05) is 11.9 Å². The number of Topliss-reactive ketones (excluding diaryl/α,β-unsaturated/α-hetero) is 1. The molecule has 2 aromatic carbocycles. The van der Waals surface area contributed by atoms with Gasteiger partial charge in [0.25, 0.3) is 0 Å². The minimum absolute atomic E-state index is 0.0554. The summed E-state index contributed by atoms with van der Waals surface area (Å²) in [4.78, 5) is 23.7. The molecule has 0 fully saturated rings. The van der Waals surface area contributed by atoms with Crippen molar-refractivity contribution < 1.29 is 9.59 Å². The van der Waals surface area contributed by atoms with Crippen LogP contribution in [0.3, 0.4) is 0 Å². The van der Waals surface area contributed by atoms with Crippen LogP contribution in [0.25, 0.3) is 0 Å². The number of nitrogens with one attached hydrogen (secondary N) is 2. The molecule has 0 heterocycles. The van der Waals surface area contributed by atoms with Gasteiger partial charge >= 0.3 is 0 Å². The molecule has 2 rings (SSSR count). The SMILES string of the molecule is CC(=O)c1ccccc1NCC(=O)N[C@@H](C)c1ccc(Cl)cc1Cl. The van der Waals surface area contributed by atoms with Gasteiger partial charge in [-0.05, 0) is 43.7 Å². The zero-order chi connectivity index (χ0) is 17.7. The third-order valence-electron chi connectivity index (χ3n) is 3.55. The highest BCUT2D eigenvalue weighted by atomic mass is 35.5. The van der Waals surface area contributed by atoms with Crippen molar-refractivity contribution in [1.82, 2.24) is 5.32 Å². The highest BCUT2D eigenvalue weighted by Crippen LogP contribution is 2.26. The summed E-state index contributed by atoms with van der Waals surface area (Å²) in [5.41, 5.74) is 1.98. The van der Waals surface area contributed by atoms with Crippen molar-refractivity contribution in [3.63, 3.8) is 0 Å². The van der Waals surface area contributed by atoms with Crippen LogP contribution < -0.4 is 10.6 Å². The number of anilines is 1. The van der Waals surface area contributed by atoms with Crippen LogP contribution in [0.5, 0.6) is 0 Å². The molecule has 24 heavy (non-hydrogen) atoms. The summed E-state index contributed by atoms with van der Waals surface area (Å²) in [7, 11) is 0. The van der Waals surface area contributed by atoms with Gasteiger partial charge < -0.3 is 10.6 Å². The first kappa shape index (κ1) is 18.3. The van der Waals surface area contributed by atoms with Gasteiger partial charge in [0.05, 0.1) is 12.6 Å². The van der Waals surface area contributed by atoms with E-state index in [1.165, 1.54) is 6.92 Å². The Hall–Kier alpha value is -2.04. The maximum atomic E-state index is 12.1. The second kappa shape index (κ2) is 8.18. The number of ketones is 1. The van der Waals surface area contributed by atoms with Crippen LogP contribution in [0.4, 0.5) is 5.69 Å². The van der Waals surface area contributed by atoms with Crippen molar-refractivity contribution in [1.29, 1.82) is 0 Å². The quantitative estimate of drug-likeness (QED) is 0.742. The molecule has 0 aromatic heterocycles. The standard InChI is InChI=1S/C18H18Cl2N2O2/c1-11(14-8-7-13(19)9-16(14)20)22-18(24)10-21-17-6-4-3-5-15(17)12(2)23/h3-9,11,21H,10H2,1-2H3,(H,22,24)/t11-/m0/s1. The second-order valence-corrected chi connectivity index (χ2v) is 6.25. The van der Waals surface area contributed by atoms with Crippen LogP contribution in [0.2, 0.25) is 10.0 Å². The summed E-state index contributed by atoms with van der Waals surface area (Å²) >= 11 is 12.0. The molecule has 1 amide bonds. The minimum Gasteiger partial charge on any atom is -0.376 e. The van der Waals surface area contributed by atoms with Crippen LogP contribution >= 0.6 is 23.2 Å². The smallest absolute Gasteiger partial charge is 0.239 e. The predicted octanol–water partition coefficient (Wildman–Crippen LogP) is 4.49. The lowest BCUT2D eigenvalue weighted by atomic mass is 10.1. The fourth-order valence-corrected chi connectivity index (χ4v) is 2.91. The minimum atomic E-state index is -0.257. The van der Waals surface area contributed by atoms with Gasteiger partial charge in [-0.15, -0.1) is 0 Å². The number of hydrogen-bond acceptors (Lipinski definition) is 3. The fourth-order valence-electron chi connectivity index (χ4n) is 2.34. The first-order chi connectivity index (χ1) is 11.4. The molecule has 0 saturated carbocycles. The van der Waals surface area contributed by atoms with E-state index >= 15 is 0 Å². The van der Waals surface area contributed by atoms with Crippen LogP contribution in [-0.2, 0) is 4.79 Å². The Morgan fingerprint density at radius 1 is 1.12 bits per heavy atom. The lowest BCUT2D eigenvalue weighted by Crippen LogP contribution is -2.32. The molecule has 2 N–H and O–H groups in total. The molecule has 0 aliphatic heterocycles. The molecule has 2 aromatic rings. The van der Waals surface area contributed by atoms with E-state index in [-0.39, 0.29) is 24.3 Å². The van der Waals surface area contributed by atoms with E-state index in [1.807, 2.05) is 13.0 Å². The van der Waals surface area contributed by atoms with Crippen molar-refractivity contribution in [2.24, 2.45) is 0 Å². The normalized spacial score (nSPS) is 11.7. The fraction of sp³-hybridized carbons (Fsp3) is 0.222. The van der Waals surface area contributed by atoms with Gasteiger partial charge in [-0.3, -0.25) is 9.59 Å². The van der Waals surface area contributed by atoms with E-state index in [0.29, 0.717) is 21.3 Å². The van der Waals surface area contributed by atoms with Crippen molar-refractivity contribution in [2.45, 2.75) is 19.9 Å². The van der Waals surface area contributed by atoms with Crippen LogP contribution in [0.15, 0.2) is 42.5 Å². The van der Waals surface area contributed by atoms with Gasteiger partial charge in [0, 0.05) is 21.3 Å². The van der Waals surface area contributed by atoms with E-state index in [1.54, 1.807) is 36.4 Å². The van der Waals surface area contributed by atoms with Gasteiger partial charge in [-0.1, -0.05) is 41.4 Å². The number of carbonyl (C=O) groups is 2. The summed E-state index contributed by atoms with van der Waals surface area (Å²) < 4.78 is 0. The first-order valence-corrected chi connectivity index (χ1v) is 8.22. The molecule has 0 bridgehead atoms. The molecular formula is C18H18Cl2N2O2. The van der Waals surface area contributed by atoms with Crippen molar-refractivity contribution in [3.8, 4) is 0 Å². The van der Waals surface area contributed by atoms with Crippen LogP contribution in [0.1, 0.15) is 35.8 Å². The van der Waals surface area contributed by atoms with Crippen molar-refractivity contribution in [3.05, 3.63) is 63.6 Å². The Morgan fingerprint density at radius 3 is 2.50 bits per heavy atom. The van der Waals surface area contributed by atoms with Gasteiger partial charge in [0.15, 0.2) is 5.78 Å². The predicted molar refractivity (Wildman–Crippen MR) is 98.0 cm³/mol. The first-order valence-electron chi connectivity index (χ1n) is 7.46. The molecule has 4 nitrogen and oxygen atoms in total. The van der Waals surface area contributed by atoms with E-state index in [2.05, 4.69) is 10.6 Å². The van der Waals surface area contributed by atoms with E-state index in [4.69, 9.17) is 23.2 Å². The summed E-state index contributed by atoms with van der Waals surface area (Å²) in [6, 6.07) is 12.0. The number of hydrogen-bond donors (Lipinski definition) is 2. The highest BCUT2D eigenvalue weighted by molar-refractivity contribution is 6.35. The Labute approximate surface area is 151 Å². The highest BCUT2D eigenvalue weighted by Gasteiger charge is 2.13. The van der Waals surface area contributed by atoms with E-state index in [0.717, 1.165) is 5.56 Å². The number of carbonyl (C=O) groups excluding carboxylic acids is 2. The molecule has 0 aliphatic carbocycles. The second-order valence-electron chi connectivity index (χ2n) is 5.41. The van der Waals surface area contributed by atoms with Crippen LogP contribution in [-0.4, -0.2) is 18.2 Å². The Kier molecular flexibility index (Phi) is 6.23. The zero-order valence-electron chi connectivity index (χ0n) is 13.4. The monoisotopic (exact) mass is 364 g/mol. The third-order valence-corrected chi connectivity index (χ3v) is 4.11. The molecule has 0 radical (unpaired) electrons. The average molecular weight is 365 g/mol. The number of para-hydroxylation sites is 1. The third kappa shape index (κ3) is 4.73. The Balaban J connectivity index is 1.97. The molecular weight excluding hydrogens is 347 g/mol. The summed E-state index contributed by atoms with van der Waals surface area (Å²) in [6.07, 6.45) is 0. The van der Waals surface area contributed by atoms with Crippen molar-refractivity contribution >= 4 is 40.6 Å². The van der Waals surface area contributed by atoms with E-state index < -0.39 is 0 Å². The zero-order valence-corrected chi connectivity index (χ0v) is 14.9. The Bertz CT molecular complexity index is 762. The number of benzene rings is 2. The maximum Gasteiger partial charge on any atom is 0.239 e.